The lowest BCUT2D eigenvalue weighted by Gasteiger charge is -2.09. The fourth-order valence-corrected chi connectivity index (χ4v) is 2.47. The average molecular weight is 342 g/mol. The van der Waals surface area contributed by atoms with Gasteiger partial charge in [0, 0.05) is 12.6 Å². The van der Waals surface area contributed by atoms with Crippen LogP contribution in [0.4, 0.5) is 11.4 Å². The molecule has 3 N–H and O–H groups in total. The molecule has 0 unspecified atom stereocenters. The molecule has 1 heterocycles. The van der Waals surface area contributed by atoms with Crippen LogP contribution in [0, 0.1) is 10.1 Å². The maximum absolute atomic E-state index is 11.6. The second kappa shape index (κ2) is 6.48. The average Bonchev–Trinajstić information content (AvgIpc) is 2.98. The highest BCUT2D eigenvalue weighted by molar-refractivity contribution is 5.91. The second-order valence-electron chi connectivity index (χ2n) is 5.29. The molecule has 3 rings (SSSR count). The Labute approximate surface area is 140 Å². The zero-order valence-electron chi connectivity index (χ0n) is 13.2. The van der Waals surface area contributed by atoms with Gasteiger partial charge >= 0.3 is 11.7 Å². The zero-order valence-corrected chi connectivity index (χ0v) is 13.2. The first kappa shape index (κ1) is 16.2. The fraction of sp³-hybridized carbons (Fsp3) is 0.125. The van der Waals surface area contributed by atoms with Gasteiger partial charge in [0.15, 0.2) is 0 Å². The molecular formula is C16H14N4O5. The molecule has 1 aromatic heterocycles. The number of imidazole rings is 1. The van der Waals surface area contributed by atoms with Crippen LogP contribution in [0.1, 0.15) is 15.9 Å². The van der Waals surface area contributed by atoms with E-state index in [1.165, 1.54) is 25.3 Å². The predicted molar refractivity (Wildman–Crippen MR) is 90.7 cm³/mol. The van der Waals surface area contributed by atoms with Crippen LogP contribution in [0.3, 0.4) is 0 Å². The molecule has 25 heavy (non-hydrogen) atoms. The first-order valence-electron chi connectivity index (χ1n) is 7.29. The van der Waals surface area contributed by atoms with E-state index in [9.17, 15) is 19.7 Å². The number of esters is 1. The van der Waals surface area contributed by atoms with Gasteiger partial charge in [0.05, 0.1) is 28.6 Å². The van der Waals surface area contributed by atoms with E-state index in [-0.39, 0.29) is 29.2 Å². The lowest BCUT2D eigenvalue weighted by atomic mass is 10.1. The Kier molecular flexibility index (Phi) is 4.21. The van der Waals surface area contributed by atoms with E-state index in [1.54, 1.807) is 18.2 Å². The number of benzene rings is 2. The molecule has 0 spiro atoms. The summed E-state index contributed by atoms with van der Waals surface area (Å²) in [6.07, 6.45) is 0. The van der Waals surface area contributed by atoms with Gasteiger partial charge in [-0.3, -0.25) is 10.1 Å². The summed E-state index contributed by atoms with van der Waals surface area (Å²) in [6.45, 7) is 0.272. The van der Waals surface area contributed by atoms with Crippen molar-refractivity contribution in [3.8, 4) is 0 Å². The third-order valence-electron chi connectivity index (χ3n) is 3.68. The Morgan fingerprint density at radius 3 is 2.68 bits per heavy atom. The highest BCUT2D eigenvalue weighted by Gasteiger charge is 2.17. The first-order valence-corrected chi connectivity index (χ1v) is 7.29. The van der Waals surface area contributed by atoms with Crippen LogP contribution in [0.2, 0.25) is 0 Å². The maximum atomic E-state index is 11.6. The van der Waals surface area contributed by atoms with Gasteiger partial charge < -0.3 is 20.0 Å². The molecule has 0 aliphatic rings. The van der Waals surface area contributed by atoms with Crippen molar-refractivity contribution in [1.29, 1.82) is 0 Å². The van der Waals surface area contributed by atoms with Crippen molar-refractivity contribution in [2.24, 2.45) is 0 Å². The van der Waals surface area contributed by atoms with E-state index in [0.29, 0.717) is 11.0 Å². The summed E-state index contributed by atoms with van der Waals surface area (Å²) in [7, 11) is 1.24. The van der Waals surface area contributed by atoms with Gasteiger partial charge in [-0.15, -0.1) is 0 Å². The number of nitro groups is 1. The van der Waals surface area contributed by atoms with Crippen LogP contribution in [-0.2, 0) is 11.3 Å². The number of ether oxygens (including phenoxy) is 1. The molecule has 128 valence electrons. The van der Waals surface area contributed by atoms with E-state index in [0.717, 1.165) is 5.56 Å². The van der Waals surface area contributed by atoms with Crippen LogP contribution >= 0.6 is 0 Å². The summed E-state index contributed by atoms with van der Waals surface area (Å²) in [5.41, 5.74) is 2.08. The third kappa shape index (κ3) is 3.34. The Morgan fingerprint density at radius 1 is 1.20 bits per heavy atom. The van der Waals surface area contributed by atoms with Gasteiger partial charge in [0.2, 0.25) is 0 Å². The Morgan fingerprint density at radius 2 is 1.96 bits per heavy atom. The Hall–Kier alpha value is -3.62. The lowest BCUT2D eigenvalue weighted by Crippen LogP contribution is -2.06. The Bertz CT molecular complexity index is 1020. The van der Waals surface area contributed by atoms with Crippen molar-refractivity contribution in [3.05, 3.63) is 68.1 Å². The minimum Gasteiger partial charge on any atom is -0.465 e. The standard InChI is InChI=1S/C16H14N4O5/c1-25-15(21)10-3-5-14(20(23)24)13(7-10)17-8-9-2-4-11-12(6-9)19-16(22)18-11/h2-7,17H,8H2,1H3,(H2,18,19,22). The van der Waals surface area contributed by atoms with Crippen molar-refractivity contribution in [2.75, 3.05) is 12.4 Å². The minimum atomic E-state index is -0.579. The highest BCUT2D eigenvalue weighted by atomic mass is 16.6. The molecular weight excluding hydrogens is 328 g/mol. The number of hydrogen-bond acceptors (Lipinski definition) is 6. The number of aromatic amines is 2. The molecule has 2 aromatic carbocycles. The molecule has 0 radical (unpaired) electrons. The van der Waals surface area contributed by atoms with Crippen molar-refractivity contribution < 1.29 is 14.5 Å². The van der Waals surface area contributed by atoms with Crippen molar-refractivity contribution >= 4 is 28.4 Å². The van der Waals surface area contributed by atoms with Crippen LogP contribution < -0.4 is 11.0 Å². The van der Waals surface area contributed by atoms with Gasteiger partial charge in [-0.2, -0.15) is 0 Å². The van der Waals surface area contributed by atoms with E-state index in [4.69, 9.17) is 0 Å². The molecule has 3 aromatic rings. The summed E-state index contributed by atoms with van der Waals surface area (Å²) in [5.74, 6) is -0.579. The number of anilines is 1. The van der Waals surface area contributed by atoms with Crippen LogP contribution in [0.15, 0.2) is 41.2 Å². The molecule has 0 fully saturated rings. The van der Waals surface area contributed by atoms with Crippen LogP contribution in [-0.4, -0.2) is 28.0 Å². The normalized spacial score (nSPS) is 10.6. The zero-order chi connectivity index (χ0) is 18.0. The minimum absolute atomic E-state index is 0.149. The molecule has 0 atom stereocenters. The monoisotopic (exact) mass is 342 g/mol. The number of aromatic nitrogens is 2. The molecule has 0 saturated heterocycles. The predicted octanol–water partition coefficient (Wildman–Crippen LogP) is 2.16. The van der Waals surface area contributed by atoms with Crippen molar-refractivity contribution in [2.45, 2.75) is 6.54 Å². The Balaban J connectivity index is 1.88. The number of fused-ring (bicyclic) bond motifs is 1. The molecule has 0 bridgehead atoms. The van der Waals surface area contributed by atoms with Crippen LogP contribution in [0.5, 0.6) is 0 Å². The number of hydrogen-bond donors (Lipinski definition) is 3. The molecule has 0 amide bonds. The number of carbonyl (C=O) groups excluding carboxylic acids is 1. The van der Waals surface area contributed by atoms with E-state index in [2.05, 4.69) is 20.0 Å². The topological polar surface area (TPSA) is 130 Å². The van der Waals surface area contributed by atoms with Gasteiger partial charge in [-0.25, -0.2) is 9.59 Å². The number of rotatable bonds is 5. The largest absolute Gasteiger partial charge is 0.465 e. The number of nitro benzene ring substituents is 1. The third-order valence-corrected chi connectivity index (χ3v) is 3.68. The molecule has 0 aliphatic heterocycles. The van der Waals surface area contributed by atoms with Gasteiger partial charge in [-0.1, -0.05) is 6.07 Å². The number of carbonyl (C=O) groups is 1. The fourth-order valence-electron chi connectivity index (χ4n) is 2.47. The maximum Gasteiger partial charge on any atom is 0.337 e. The van der Waals surface area contributed by atoms with E-state index < -0.39 is 10.9 Å². The smallest absolute Gasteiger partial charge is 0.337 e. The molecule has 9 heteroatoms. The summed E-state index contributed by atoms with van der Waals surface area (Å²) >= 11 is 0. The molecule has 9 nitrogen and oxygen atoms in total. The number of nitrogens with zero attached hydrogens (tertiary/aromatic N) is 1. The lowest BCUT2D eigenvalue weighted by molar-refractivity contribution is -0.384. The summed E-state index contributed by atoms with van der Waals surface area (Å²) in [6, 6.07) is 9.25. The second-order valence-corrected chi connectivity index (χ2v) is 5.29. The van der Waals surface area contributed by atoms with Crippen molar-refractivity contribution in [1.82, 2.24) is 9.97 Å². The van der Waals surface area contributed by atoms with Gasteiger partial charge in [0.1, 0.15) is 5.69 Å². The number of nitrogens with one attached hydrogen (secondary N) is 3. The summed E-state index contributed by atoms with van der Waals surface area (Å²) in [4.78, 5) is 38.8. The SMILES string of the molecule is COC(=O)c1ccc([N+](=O)[O-])c(NCc2ccc3[nH]c(=O)[nH]c3c2)c1. The summed E-state index contributed by atoms with van der Waals surface area (Å²) < 4.78 is 4.63. The van der Waals surface area contributed by atoms with Crippen LogP contribution in [0.25, 0.3) is 11.0 Å². The first-order chi connectivity index (χ1) is 12.0. The highest BCUT2D eigenvalue weighted by Crippen LogP contribution is 2.26. The summed E-state index contributed by atoms with van der Waals surface area (Å²) in [5, 5.41) is 14.1. The van der Waals surface area contributed by atoms with E-state index in [1.807, 2.05) is 0 Å². The molecule has 0 aliphatic carbocycles. The number of methoxy groups -OCH3 is 1. The van der Waals surface area contributed by atoms with E-state index >= 15 is 0 Å². The molecule has 0 saturated carbocycles. The quantitative estimate of drug-likeness (QED) is 0.370. The number of H-pyrrole nitrogens is 2. The van der Waals surface area contributed by atoms with Gasteiger partial charge in [-0.05, 0) is 29.8 Å². The van der Waals surface area contributed by atoms with Crippen molar-refractivity contribution in [3.63, 3.8) is 0 Å². The van der Waals surface area contributed by atoms with Gasteiger partial charge in [0.25, 0.3) is 5.69 Å².